The molecule has 1 aliphatic rings. The van der Waals surface area contributed by atoms with Crippen LogP contribution in [0.5, 0.6) is 0 Å². The second kappa shape index (κ2) is 5.05. The molecule has 0 spiro atoms. The third kappa shape index (κ3) is 2.16. The van der Waals surface area contributed by atoms with Gasteiger partial charge in [-0.2, -0.15) is 0 Å². The smallest absolute Gasteiger partial charge is 0.0497 e. The molecule has 0 saturated heterocycles. The molecule has 4 rings (SSSR count). The molecule has 3 aromatic carbocycles. The minimum Gasteiger partial charge on any atom is -0.310 e. The van der Waals surface area contributed by atoms with Gasteiger partial charge < -0.3 is 4.90 Å². The van der Waals surface area contributed by atoms with Crippen LogP contribution < -0.4 is 4.90 Å². The van der Waals surface area contributed by atoms with Crippen LogP contribution in [0.1, 0.15) is 11.1 Å². The van der Waals surface area contributed by atoms with E-state index in [1.165, 1.54) is 28.2 Å². The molecule has 0 saturated carbocycles. The first-order chi connectivity index (χ1) is 10.3. The first kappa shape index (κ1) is 12.7. The maximum absolute atomic E-state index is 3.51. The van der Waals surface area contributed by atoms with Gasteiger partial charge in [-0.15, -0.1) is 0 Å². The average molecular weight is 336 g/mol. The van der Waals surface area contributed by atoms with Crippen molar-refractivity contribution >= 4 is 33.0 Å². The molecule has 0 atom stereocenters. The van der Waals surface area contributed by atoms with E-state index in [-0.39, 0.29) is 0 Å². The zero-order valence-corrected chi connectivity index (χ0v) is 13.0. The summed E-state index contributed by atoms with van der Waals surface area (Å²) < 4.78 is 1.10. The van der Waals surface area contributed by atoms with E-state index in [2.05, 4.69) is 93.6 Å². The van der Waals surface area contributed by atoms with Gasteiger partial charge >= 0.3 is 0 Å². The van der Waals surface area contributed by atoms with Crippen molar-refractivity contribution in [3.05, 3.63) is 88.4 Å². The lowest BCUT2D eigenvalue weighted by molar-refractivity contribution is 1.09. The molecular weight excluding hydrogens is 322 g/mol. The maximum Gasteiger partial charge on any atom is 0.0497 e. The number of para-hydroxylation sites is 2. The molecule has 0 N–H and O–H groups in total. The van der Waals surface area contributed by atoms with Gasteiger partial charge in [0.2, 0.25) is 0 Å². The molecule has 0 bridgehead atoms. The van der Waals surface area contributed by atoms with Crippen molar-refractivity contribution in [3.63, 3.8) is 0 Å². The highest BCUT2D eigenvalue weighted by Crippen LogP contribution is 2.43. The van der Waals surface area contributed by atoms with Crippen molar-refractivity contribution in [2.75, 3.05) is 4.90 Å². The molecule has 102 valence electrons. The van der Waals surface area contributed by atoms with E-state index < -0.39 is 0 Å². The SMILES string of the molecule is Brc1ccc(N2c3ccccc3Cc3ccccc32)cc1. The normalized spacial score (nSPS) is 12.7. The van der Waals surface area contributed by atoms with E-state index in [9.17, 15) is 0 Å². The van der Waals surface area contributed by atoms with Crippen LogP contribution in [0.15, 0.2) is 77.3 Å². The fourth-order valence-electron chi connectivity index (χ4n) is 2.96. The largest absolute Gasteiger partial charge is 0.310 e. The Kier molecular flexibility index (Phi) is 3.04. The summed E-state index contributed by atoms with van der Waals surface area (Å²) in [5.41, 5.74) is 6.49. The summed E-state index contributed by atoms with van der Waals surface area (Å²) in [6, 6.07) is 25.8. The molecule has 0 amide bonds. The van der Waals surface area contributed by atoms with Gasteiger partial charge in [0.25, 0.3) is 0 Å². The van der Waals surface area contributed by atoms with Gasteiger partial charge in [0, 0.05) is 28.0 Å². The van der Waals surface area contributed by atoms with E-state index >= 15 is 0 Å². The molecule has 0 aromatic heterocycles. The Bertz CT molecular complexity index is 747. The first-order valence-corrected chi connectivity index (χ1v) is 7.84. The Morgan fingerprint density at radius 1 is 0.667 bits per heavy atom. The van der Waals surface area contributed by atoms with Gasteiger partial charge in [0.15, 0.2) is 0 Å². The lowest BCUT2D eigenvalue weighted by Gasteiger charge is -2.33. The Balaban J connectivity index is 1.95. The summed E-state index contributed by atoms with van der Waals surface area (Å²) in [4.78, 5) is 2.35. The Hall–Kier alpha value is -2.06. The van der Waals surface area contributed by atoms with Crippen LogP contribution in [-0.4, -0.2) is 0 Å². The first-order valence-electron chi connectivity index (χ1n) is 7.04. The molecular formula is C19H14BrN. The van der Waals surface area contributed by atoms with Crippen molar-refractivity contribution in [1.29, 1.82) is 0 Å². The van der Waals surface area contributed by atoms with Crippen molar-refractivity contribution in [2.24, 2.45) is 0 Å². The summed E-state index contributed by atoms with van der Waals surface area (Å²) in [7, 11) is 0. The summed E-state index contributed by atoms with van der Waals surface area (Å²) in [6.07, 6.45) is 0.999. The van der Waals surface area contributed by atoms with E-state index in [0.717, 1.165) is 10.9 Å². The number of anilines is 3. The average Bonchev–Trinajstić information content (AvgIpc) is 2.53. The van der Waals surface area contributed by atoms with Gasteiger partial charge in [-0.3, -0.25) is 0 Å². The molecule has 3 aromatic rings. The predicted molar refractivity (Wildman–Crippen MR) is 91.6 cm³/mol. The van der Waals surface area contributed by atoms with E-state index in [4.69, 9.17) is 0 Å². The molecule has 2 heteroatoms. The second-order valence-corrected chi connectivity index (χ2v) is 6.16. The summed E-state index contributed by atoms with van der Waals surface area (Å²) in [5, 5.41) is 0. The number of nitrogens with zero attached hydrogens (tertiary/aromatic N) is 1. The van der Waals surface area contributed by atoms with Crippen LogP contribution in [-0.2, 0) is 6.42 Å². The van der Waals surface area contributed by atoms with Crippen LogP contribution in [0, 0.1) is 0 Å². The highest BCUT2D eigenvalue weighted by molar-refractivity contribution is 9.10. The minimum atomic E-state index is 0.999. The van der Waals surface area contributed by atoms with Crippen molar-refractivity contribution in [2.45, 2.75) is 6.42 Å². The number of halogens is 1. The fraction of sp³-hybridized carbons (Fsp3) is 0.0526. The van der Waals surface area contributed by atoms with E-state index in [1.807, 2.05) is 0 Å². The van der Waals surface area contributed by atoms with Crippen molar-refractivity contribution in [3.8, 4) is 0 Å². The van der Waals surface area contributed by atoms with Crippen LogP contribution in [0.2, 0.25) is 0 Å². The standard InChI is InChI=1S/C19H14BrN/c20-16-9-11-17(12-10-16)21-18-7-3-1-5-14(18)13-15-6-2-4-8-19(15)21/h1-12H,13H2. The highest BCUT2D eigenvalue weighted by atomic mass is 79.9. The summed E-state index contributed by atoms with van der Waals surface area (Å²) in [5.74, 6) is 0. The Morgan fingerprint density at radius 2 is 1.19 bits per heavy atom. The number of fused-ring (bicyclic) bond motifs is 2. The number of rotatable bonds is 1. The Labute approximate surface area is 133 Å². The molecule has 0 unspecified atom stereocenters. The molecule has 1 nitrogen and oxygen atoms in total. The monoisotopic (exact) mass is 335 g/mol. The topological polar surface area (TPSA) is 3.24 Å². The zero-order valence-electron chi connectivity index (χ0n) is 11.5. The molecule has 0 fully saturated rings. The minimum absolute atomic E-state index is 0.999. The number of hydrogen-bond donors (Lipinski definition) is 0. The summed E-state index contributed by atoms with van der Waals surface area (Å²) >= 11 is 3.51. The van der Waals surface area contributed by atoms with Crippen LogP contribution >= 0.6 is 15.9 Å². The highest BCUT2D eigenvalue weighted by Gasteiger charge is 2.22. The van der Waals surface area contributed by atoms with Crippen molar-refractivity contribution < 1.29 is 0 Å². The van der Waals surface area contributed by atoms with Crippen molar-refractivity contribution in [1.82, 2.24) is 0 Å². The third-order valence-electron chi connectivity index (χ3n) is 3.93. The van der Waals surface area contributed by atoms with Crippen LogP contribution in [0.25, 0.3) is 0 Å². The van der Waals surface area contributed by atoms with E-state index in [0.29, 0.717) is 0 Å². The van der Waals surface area contributed by atoms with Gasteiger partial charge in [-0.1, -0.05) is 52.3 Å². The quantitative estimate of drug-likeness (QED) is 0.423. The molecule has 1 aliphatic heterocycles. The van der Waals surface area contributed by atoms with Gasteiger partial charge in [0.05, 0.1) is 0 Å². The maximum atomic E-state index is 3.51. The lowest BCUT2D eigenvalue weighted by Crippen LogP contribution is -2.18. The summed E-state index contributed by atoms with van der Waals surface area (Å²) in [6.45, 7) is 0. The fourth-order valence-corrected chi connectivity index (χ4v) is 3.22. The Morgan fingerprint density at radius 3 is 1.76 bits per heavy atom. The third-order valence-corrected chi connectivity index (χ3v) is 4.46. The predicted octanol–water partition coefficient (Wildman–Crippen LogP) is 5.82. The lowest BCUT2D eigenvalue weighted by atomic mass is 9.95. The van der Waals surface area contributed by atoms with Crippen LogP contribution in [0.3, 0.4) is 0 Å². The van der Waals surface area contributed by atoms with Crippen LogP contribution in [0.4, 0.5) is 17.1 Å². The molecule has 21 heavy (non-hydrogen) atoms. The number of benzene rings is 3. The molecule has 0 aliphatic carbocycles. The van der Waals surface area contributed by atoms with Gasteiger partial charge in [-0.05, 0) is 47.5 Å². The molecule has 0 radical (unpaired) electrons. The van der Waals surface area contributed by atoms with Gasteiger partial charge in [-0.25, -0.2) is 0 Å². The second-order valence-electron chi connectivity index (χ2n) is 5.25. The molecule has 1 heterocycles. The zero-order chi connectivity index (χ0) is 14.2. The number of hydrogen-bond acceptors (Lipinski definition) is 1. The van der Waals surface area contributed by atoms with Gasteiger partial charge in [0.1, 0.15) is 0 Å². The van der Waals surface area contributed by atoms with E-state index in [1.54, 1.807) is 0 Å².